The van der Waals surface area contributed by atoms with Crippen LogP contribution >= 0.6 is 0 Å². The average molecular weight is 289 g/mol. The molecule has 0 saturated heterocycles. The van der Waals surface area contributed by atoms with Gasteiger partial charge in [0.05, 0.1) is 5.69 Å². The molecule has 0 unspecified atom stereocenters. The van der Waals surface area contributed by atoms with Crippen LogP contribution < -0.4 is 10.6 Å². The van der Waals surface area contributed by atoms with Crippen LogP contribution in [-0.4, -0.2) is 42.1 Å². The molecule has 2 rings (SSSR count). The van der Waals surface area contributed by atoms with Crippen molar-refractivity contribution < 1.29 is 4.39 Å². The predicted molar refractivity (Wildman–Crippen MR) is 83.5 cm³/mol. The fourth-order valence-corrected chi connectivity index (χ4v) is 1.83. The highest BCUT2D eigenvalue weighted by Crippen LogP contribution is 2.19. The molecule has 0 bridgehead atoms. The van der Waals surface area contributed by atoms with E-state index in [4.69, 9.17) is 0 Å². The molecule has 21 heavy (non-hydrogen) atoms. The maximum absolute atomic E-state index is 13.6. The lowest BCUT2D eigenvalue weighted by molar-refractivity contribution is 0.425. The number of hydrogen-bond donors (Lipinski definition) is 2. The molecule has 0 aliphatic carbocycles. The van der Waals surface area contributed by atoms with Crippen molar-refractivity contribution in [3.05, 3.63) is 42.0 Å². The third kappa shape index (κ3) is 4.68. The maximum Gasteiger partial charge on any atom is 0.146 e. The quantitative estimate of drug-likeness (QED) is 0.856. The van der Waals surface area contributed by atoms with E-state index in [-0.39, 0.29) is 5.82 Å². The first-order valence-electron chi connectivity index (χ1n) is 6.80. The van der Waals surface area contributed by atoms with Crippen molar-refractivity contribution in [2.24, 2.45) is 0 Å². The van der Waals surface area contributed by atoms with Gasteiger partial charge in [0.1, 0.15) is 23.3 Å². The molecule has 0 spiro atoms. The summed E-state index contributed by atoms with van der Waals surface area (Å²) in [7, 11) is 4.02. The number of halogens is 1. The van der Waals surface area contributed by atoms with Gasteiger partial charge in [-0.1, -0.05) is 12.1 Å². The van der Waals surface area contributed by atoms with Crippen LogP contribution in [0.5, 0.6) is 0 Å². The van der Waals surface area contributed by atoms with Gasteiger partial charge in [-0.05, 0) is 33.2 Å². The molecule has 0 aliphatic heterocycles. The van der Waals surface area contributed by atoms with E-state index in [9.17, 15) is 4.39 Å². The van der Waals surface area contributed by atoms with E-state index >= 15 is 0 Å². The monoisotopic (exact) mass is 289 g/mol. The van der Waals surface area contributed by atoms with Crippen LogP contribution in [0.3, 0.4) is 0 Å². The number of nitrogens with zero attached hydrogens (tertiary/aromatic N) is 3. The number of para-hydroxylation sites is 1. The van der Waals surface area contributed by atoms with E-state index in [0.29, 0.717) is 17.3 Å². The highest BCUT2D eigenvalue weighted by atomic mass is 19.1. The van der Waals surface area contributed by atoms with E-state index in [1.54, 1.807) is 24.3 Å². The van der Waals surface area contributed by atoms with Gasteiger partial charge in [-0.3, -0.25) is 0 Å². The molecule has 1 aromatic heterocycles. The summed E-state index contributed by atoms with van der Waals surface area (Å²) < 4.78 is 13.6. The van der Waals surface area contributed by atoms with Gasteiger partial charge >= 0.3 is 0 Å². The number of hydrogen-bond acceptors (Lipinski definition) is 5. The second-order valence-corrected chi connectivity index (χ2v) is 5.02. The molecule has 0 atom stereocenters. The number of anilines is 3. The molecular weight excluding hydrogens is 269 g/mol. The Hall–Kier alpha value is -2.21. The van der Waals surface area contributed by atoms with Crippen molar-refractivity contribution in [2.45, 2.75) is 6.92 Å². The maximum atomic E-state index is 13.6. The summed E-state index contributed by atoms with van der Waals surface area (Å²) in [5.41, 5.74) is 0.398. The minimum absolute atomic E-state index is 0.309. The third-order valence-corrected chi connectivity index (χ3v) is 2.84. The Labute approximate surface area is 124 Å². The van der Waals surface area contributed by atoms with Gasteiger partial charge < -0.3 is 15.5 Å². The standard InChI is InChI=1S/C15H20FN5/c1-11-18-14(17-8-9-21(2)3)10-15(19-11)20-13-7-5-4-6-12(13)16/h4-7,10H,8-9H2,1-3H3,(H2,17,18,19,20). The third-order valence-electron chi connectivity index (χ3n) is 2.84. The van der Waals surface area contributed by atoms with Crippen LogP contribution in [0.2, 0.25) is 0 Å². The lowest BCUT2D eigenvalue weighted by Gasteiger charge is -2.12. The number of rotatable bonds is 6. The molecule has 112 valence electrons. The normalized spacial score (nSPS) is 10.7. The Morgan fingerprint density at radius 2 is 1.86 bits per heavy atom. The predicted octanol–water partition coefficient (Wildman–Crippen LogP) is 2.64. The molecule has 1 aromatic carbocycles. The second-order valence-electron chi connectivity index (χ2n) is 5.02. The molecule has 0 saturated carbocycles. The topological polar surface area (TPSA) is 53.1 Å². The average Bonchev–Trinajstić information content (AvgIpc) is 2.40. The van der Waals surface area contributed by atoms with Crippen molar-refractivity contribution in [3.8, 4) is 0 Å². The lowest BCUT2D eigenvalue weighted by atomic mass is 10.3. The zero-order chi connectivity index (χ0) is 15.2. The molecular formula is C15H20FN5. The van der Waals surface area contributed by atoms with Gasteiger partial charge in [0.25, 0.3) is 0 Å². The summed E-state index contributed by atoms with van der Waals surface area (Å²) >= 11 is 0. The fraction of sp³-hybridized carbons (Fsp3) is 0.333. The fourth-order valence-electron chi connectivity index (χ4n) is 1.83. The summed E-state index contributed by atoms with van der Waals surface area (Å²) in [4.78, 5) is 10.7. The second kappa shape index (κ2) is 6.99. The van der Waals surface area contributed by atoms with Gasteiger partial charge in [0, 0.05) is 19.2 Å². The minimum Gasteiger partial charge on any atom is -0.369 e. The van der Waals surface area contributed by atoms with Crippen LogP contribution in [0, 0.1) is 12.7 Å². The number of likely N-dealkylation sites (N-methyl/N-ethyl adjacent to an activating group) is 1. The summed E-state index contributed by atoms with van der Waals surface area (Å²) in [6.45, 7) is 3.49. The van der Waals surface area contributed by atoms with Gasteiger partial charge in [0.15, 0.2) is 0 Å². The van der Waals surface area contributed by atoms with E-state index < -0.39 is 0 Å². The van der Waals surface area contributed by atoms with Crippen molar-refractivity contribution in [2.75, 3.05) is 37.8 Å². The number of benzene rings is 1. The van der Waals surface area contributed by atoms with Crippen LogP contribution in [0.25, 0.3) is 0 Å². The highest BCUT2D eigenvalue weighted by molar-refractivity contribution is 5.59. The Morgan fingerprint density at radius 1 is 1.14 bits per heavy atom. The van der Waals surface area contributed by atoms with Gasteiger partial charge in [-0.2, -0.15) is 0 Å². The first kappa shape index (κ1) is 15.2. The van der Waals surface area contributed by atoms with Crippen molar-refractivity contribution in [1.82, 2.24) is 14.9 Å². The summed E-state index contributed by atoms with van der Waals surface area (Å²) in [6.07, 6.45) is 0. The van der Waals surface area contributed by atoms with Crippen molar-refractivity contribution >= 4 is 17.3 Å². The van der Waals surface area contributed by atoms with Gasteiger partial charge in [-0.15, -0.1) is 0 Å². The van der Waals surface area contributed by atoms with Crippen LogP contribution in [-0.2, 0) is 0 Å². The zero-order valence-corrected chi connectivity index (χ0v) is 12.5. The first-order chi connectivity index (χ1) is 10.0. The summed E-state index contributed by atoms with van der Waals surface area (Å²) in [5.74, 6) is 1.61. The van der Waals surface area contributed by atoms with E-state index in [0.717, 1.165) is 18.9 Å². The molecule has 2 N–H and O–H groups in total. The molecule has 1 heterocycles. The Balaban J connectivity index is 2.10. The van der Waals surface area contributed by atoms with Crippen LogP contribution in [0.1, 0.15) is 5.82 Å². The van der Waals surface area contributed by atoms with Gasteiger partial charge in [0.2, 0.25) is 0 Å². The molecule has 0 amide bonds. The van der Waals surface area contributed by atoms with E-state index in [2.05, 4.69) is 25.5 Å². The Kier molecular flexibility index (Phi) is 5.05. The number of aromatic nitrogens is 2. The van der Waals surface area contributed by atoms with Gasteiger partial charge in [-0.25, -0.2) is 14.4 Å². The molecule has 0 aliphatic rings. The van der Waals surface area contributed by atoms with E-state index in [1.165, 1.54) is 6.07 Å². The SMILES string of the molecule is Cc1nc(NCCN(C)C)cc(Nc2ccccc2F)n1. The van der Waals surface area contributed by atoms with E-state index in [1.807, 2.05) is 21.0 Å². The Bertz CT molecular complexity index is 600. The number of nitrogens with one attached hydrogen (secondary N) is 2. The van der Waals surface area contributed by atoms with Crippen molar-refractivity contribution in [1.29, 1.82) is 0 Å². The Morgan fingerprint density at radius 3 is 2.57 bits per heavy atom. The molecule has 2 aromatic rings. The molecule has 0 fully saturated rings. The van der Waals surface area contributed by atoms with Crippen molar-refractivity contribution in [3.63, 3.8) is 0 Å². The number of aryl methyl sites for hydroxylation is 1. The summed E-state index contributed by atoms with van der Waals surface area (Å²) in [5, 5.41) is 6.21. The summed E-state index contributed by atoms with van der Waals surface area (Å²) in [6, 6.07) is 8.28. The lowest BCUT2D eigenvalue weighted by Crippen LogP contribution is -2.21. The largest absolute Gasteiger partial charge is 0.369 e. The smallest absolute Gasteiger partial charge is 0.146 e. The van der Waals surface area contributed by atoms with Crippen LogP contribution in [0.4, 0.5) is 21.7 Å². The molecule has 0 radical (unpaired) electrons. The first-order valence-corrected chi connectivity index (χ1v) is 6.80. The highest BCUT2D eigenvalue weighted by Gasteiger charge is 2.05. The minimum atomic E-state index is -0.309. The zero-order valence-electron chi connectivity index (χ0n) is 12.5. The van der Waals surface area contributed by atoms with Crippen LogP contribution in [0.15, 0.2) is 30.3 Å². The molecule has 6 heteroatoms. The molecule has 5 nitrogen and oxygen atoms in total.